The van der Waals surface area contributed by atoms with Crippen molar-refractivity contribution in [2.24, 2.45) is 0 Å². The maximum absolute atomic E-state index is 5.32. The highest BCUT2D eigenvalue weighted by atomic mass is 15.0. The summed E-state index contributed by atoms with van der Waals surface area (Å²) in [6.45, 7) is 6.47. The van der Waals surface area contributed by atoms with Crippen molar-refractivity contribution in [3.63, 3.8) is 0 Å². The van der Waals surface area contributed by atoms with E-state index in [2.05, 4.69) is 158 Å². The van der Waals surface area contributed by atoms with Gasteiger partial charge in [-0.15, -0.1) is 0 Å². The second-order valence-corrected chi connectivity index (χ2v) is 13.3. The van der Waals surface area contributed by atoms with Gasteiger partial charge in [-0.2, -0.15) is 0 Å². The number of benzene rings is 6. The maximum atomic E-state index is 5.32. The van der Waals surface area contributed by atoms with Crippen LogP contribution in [0.5, 0.6) is 0 Å². The number of fused-ring (bicyclic) bond motifs is 9. The molecule has 3 nitrogen and oxygen atoms in total. The summed E-state index contributed by atoms with van der Waals surface area (Å²) in [7, 11) is 0. The van der Waals surface area contributed by atoms with Crippen molar-refractivity contribution in [3.8, 4) is 39.6 Å². The first-order valence-electron chi connectivity index (χ1n) is 17.5. The Morgan fingerprint density at radius 1 is 0.588 bits per heavy atom. The molecule has 2 aliphatic rings. The van der Waals surface area contributed by atoms with Gasteiger partial charge in [0.2, 0.25) is 0 Å². The van der Waals surface area contributed by atoms with E-state index in [1.54, 1.807) is 0 Å². The second kappa shape index (κ2) is 11.2. The number of hydrogen-bond acceptors (Lipinski definition) is 2. The Hall–Kier alpha value is -6.58. The van der Waals surface area contributed by atoms with Crippen molar-refractivity contribution in [1.82, 2.24) is 14.5 Å². The summed E-state index contributed by atoms with van der Waals surface area (Å²) >= 11 is 0. The molecule has 51 heavy (non-hydrogen) atoms. The summed E-state index contributed by atoms with van der Waals surface area (Å²) in [6, 6.07) is 54.2. The quantitative estimate of drug-likeness (QED) is 0.185. The van der Waals surface area contributed by atoms with Crippen LogP contribution in [0.4, 0.5) is 0 Å². The van der Waals surface area contributed by atoms with E-state index in [1.807, 2.05) is 30.3 Å². The third kappa shape index (κ3) is 4.06. The Labute approximate surface area is 297 Å². The van der Waals surface area contributed by atoms with E-state index < -0.39 is 5.41 Å². The average Bonchev–Trinajstić information content (AvgIpc) is 3.68. The molecule has 8 aromatic rings. The molecular formula is C48H33N3. The molecule has 3 heterocycles. The van der Waals surface area contributed by atoms with Crippen molar-refractivity contribution in [2.75, 3.05) is 0 Å². The standard InChI is InChI=1S/C48H33N3/c1-3-17-38-34(4-2)35-22-11-13-24-39(35)48(38)40-25-14-16-27-45(40)51-44-26-15-12-23-36(44)37-28-33(29-41(48)46(37)51)43-30-42(31-18-7-5-8-19-31)49-47(50-43)32-20-9-6-10-21-32/h3-30H,2H2,1H3/b17-3-. The van der Waals surface area contributed by atoms with Gasteiger partial charge in [-0.3, -0.25) is 0 Å². The lowest BCUT2D eigenvalue weighted by atomic mass is 9.64. The number of para-hydroxylation sites is 2. The Morgan fingerprint density at radius 3 is 2.00 bits per heavy atom. The van der Waals surface area contributed by atoms with Crippen LogP contribution in [0.2, 0.25) is 0 Å². The number of nitrogens with zero attached hydrogens (tertiary/aromatic N) is 3. The Kier molecular flexibility index (Phi) is 6.46. The number of rotatable bonds is 5. The van der Waals surface area contributed by atoms with Gasteiger partial charge in [0, 0.05) is 27.5 Å². The minimum absolute atomic E-state index is 0.584. The number of allylic oxidation sites excluding steroid dienone is 5. The Bertz CT molecular complexity index is 2710. The van der Waals surface area contributed by atoms with Crippen molar-refractivity contribution in [3.05, 3.63) is 204 Å². The van der Waals surface area contributed by atoms with Gasteiger partial charge in [-0.1, -0.05) is 146 Å². The van der Waals surface area contributed by atoms with Crippen LogP contribution in [0.25, 0.3) is 67.0 Å². The summed E-state index contributed by atoms with van der Waals surface area (Å²) in [5.74, 6) is 0.706. The third-order valence-corrected chi connectivity index (χ3v) is 10.7. The van der Waals surface area contributed by atoms with Gasteiger partial charge in [0.1, 0.15) is 0 Å². The molecule has 2 aromatic heterocycles. The minimum atomic E-state index is -0.584. The van der Waals surface area contributed by atoms with Crippen LogP contribution in [-0.2, 0) is 5.41 Å². The van der Waals surface area contributed by atoms with Gasteiger partial charge in [-0.25, -0.2) is 9.97 Å². The predicted molar refractivity (Wildman–Crippen MR) is 211 cm³/mol. The fourth-order valence-electron chi connectivity index (χ4n) is 8.70. The minimum Gasteiger partial charge on any atom is -0.309 e. The lowest BCUT2D eigenvalue weighted by Crippen LogP contribution is -2.34. The average molecular weight is 652 g/mol. The molecule has 0 saturated heterocycles. The van der Waals surface area contributed by atoms with E-state index >= 15 is 0 Å². The van der Waals surface area contributed by atoms with E-state index in [-0.39, 0.29) is 0 Å². The molecule has 10 rings (SSSR count). The molecule has 0 fully saturated rings. The lowest BCUT2D eigenvalue weighted by molar-refractivity contribution is 0.742. The van der Waals surface area contributed by atoms with Crippen LogP contribution in [-0.4, -0.2) is 14.5 Å². The number of hydrogen-bond donors (Lipinski definition) is 0. The summed E-state index contributed by atoms with van der Waals surface area (Å²) in [5, 5.41) is 2.42. The molecule has 0 amide bonds. The number of aromatic nitrogens is 3. The second-order valence-electron chi connectivity index (χ2n) is 13.3. The van der Waals surface area contributed by atoms with Crippen LogP contribution < -0.4 is 0 Å². The summed E-state index contributed by atoms with van der Waals surface area (Å²) in [4.78, 5) is 10.4. The highest BCUT2D eigenvalue weighted by Gasteiger charge is 2.51. The van der Waals surface area contributed by atoms with Crippen molar-refractivity contribution in [1.29, 1.82) is 0 Å². The fourth-order valence-corrected chi connectivity index (χ4v) is 8.70. The van der Waals surface area contributed by atoms with Gasteiger partial charge < -0.3 is 4.57 Å². The highest BCUT2D eigenvalue weighted by molar-refractivity contribution is 6.14. The lowest BCUT2D eigenvalue weighted by Gasteiger charge is -2.40. The normalized spacial score (nSPS) is 15.9. The van der Waals surface area contributed by atoms with Gasteiger partial charge in [0.25, 0.3) is 0 Å². The maximum Gasteiger partial charge on any atom is 0.160 e. The van der Waals surface area contributed by atoms with Crippen LogP contribution in [0.1, 0.15) is 29.2 Å². The van der Waals surface area contributed by atoms with E-state index in [9.17, 15) is 0 Å². The molecular weight excluding hydrogens is 619 g/mol. The van der Waals surface area contributed by atoms with Crippen molar-refractivity contribution >= 4 is 27.4 Å². The molecule has 3 heteroatoms. The van der Waals surface area contributed by atoms with E-state index in [0.29, 0.717) is 5.82 Å². The molecule has 0 N–H and O–H groups in total. The fraction of sp³-hybridized carbons (Fsp3) is 0.0417. The zero-order valence-electron chi connectivity index (χ0n) is 28.2. The zero-order valence-corrected chi connectivity index (χ0v) is 28.2. The van der Waals surface area contributed by atoms with Gasteiger partial charge >= 0.3 is 0 Å². The molecule has 1 unspecified atom stereocenters. The van der Waals surface area contributed by atoms with Gasteiger partial charge in [0.05, 0.1) is 33.5 Å². The molecule has 0 bridgehead atoms. The first-order chi connectivity index (χ1) is 25.2. The van der Waals surface area contributed by atoms with Crippen molar-refractivity contribution < 1.29 is 0 Å². The third-order valence-electron chi connectivity index (χ3n) is 10.7. The van der Waals surface area contributed by atoms with Gasteiger partial charge in [0.15, 0.2) is 5.82 Å². The van der Waals surface area contributed by atoms with Crippen molar-refractivity contribution in [2.45, 2.75) is 12.3 Å². The Morgan fingerprint density at radius 2 is 1.24 bits per heavy atom. The largest absolute Gasteiger partial charge is 0.309 e. The summed E-state index contributed by atoms with van der Waals surface area (Å²) in [6.07, 6.45) is 6.51. The molecule has 6 aromatic carbocycles. The summed E-state index contributed by atoms with van der Waals surface area (Å²) in [5.41, 5.74) is 15.3. The molecule has 1 spiro atoms. The monoisotopic (exact) mass is 651 g/mol. The molecule has 1 aliphatic heterocycles. The van der Waals surface area contributed by atoms with E-state index in [4.69, 9.17) is 9.97 Å². The van der Waals surface area contributed by atoms with E-state index in [0.717, 1.165) is 28.1 Å². The van der Waals surface area contributed by atoms with Crippen LogP contribution in [0.3, 0.4) is 0 Å². The molecule has 1 atom stereocenters. The molecule has 0 saturated carbocycles. The molecule has 240 valence electrons. The van der Waals surface area contributed by atoms with Crippen LogP contribution in [0, 0.1) is 0 Å². The predicted octanol–water partition coefficient (Wildman–Crippen LogP) is 11.8. The SMILES string of the molecule is C=CC1=C(/C=C\C)C2(c3ccccc31)c1ccccc1-n1c3ccccc3c3cc(-c4cc(-c5ccccc5)nc(-c5ccccc5)n4)cc2c31. The van der Waals surface area contributed by atoms with Crippen LogP contribution >= 0.6 is 0 Å². The first kappa shape index (κ1) is 29.3. The topological polar surface area (TPSA) is 30.7 Å². The molecule has 1 aliphatic carbocycles. The molecule has 0 radical (unpaired) electrons. The zero-order chi connectivity index (χ0) is 34.1. The smallest absolute Gasteiger partial charge is 0.160 e. The van der Waals surface area contributed by atoms with E-state index in [1.165, 1.54) is 60.9 Å². The summed E-state index contributed by atoms with van der Waals surface area (Å²) < 4.78 is 2.48. The first-order valence-corrected chi connectivity index (χ1v) is 17.5. The van der Waals surface area contributed by atoms with Crippen LogP contribution in [0.15, 0.2) is 182 Å². The van der Waals surface area contributed by atoms with Gasteiger partial charge in [-0.05, 0) is 70.7 Å². The Balaban J connectivity index is 1.38. The highest BCUT2D eigenvalue weighted by Crippen LogP contribution is 2.61.